The molecule has 5 nitrogen and oxygen atoms in total. The Hall–Kier alpha value is -2.53. The topological polar surface area (TPSA) is 50.8 Å². The average molecular weight is 352 g/mol. The van der Waals surface area contributed by atoms with Crippen molar-refractivity contribution in [1.29, 1.82) is 0 Å². The van der Waals surface area contributed by atoms with Crippen molar-refractivity contribution in [3.63, 3.8) is 0 Å². The third-order valence-electron chi connectivity index (χ3n) is 4.99. The molecule has 136 valence electrons. The molecule has 0 aromatic heterocycles. The molecule has 26 heavy (non-hydrogen) atoms. The maximum absolute atomic E-state index is 12.3. The number of benzene rings is 2. The first-order chi connectivity index (χ1) is 12.8. The second-order valence-corrected chi connectivity index (χ2v) is 6.91. The van der Waals surface area contributed by atoms with Crippen molar-refractivity contribution in [1.82, 2.24) is 10.2 Å². The van der Waals surface area contributed by atoms with Gasteiger partial charge in [0.15, 0.2) is 11.5 Å². The summed E-state index contributed by atoms with van der Waals surface area (Å²) in [5, 5.41) is 3.15. The van der Waals surface area contributed by atoms with Gasteiger partial charge >= 0.3 is 0 Å². The van der Waals surface area contributed by atoms with Crippen LogP contribution in [-0.4, -0.2) is 49.2 Å². The molecule has 1 saturated heterocycles. The maximum atomic E-state index is 12.3. The highest BCUT2D eigenvalue weighted by Crippen LogP contribution is 2.31. The summed E-state index contributed by atoms with van der Waals surface area (Å²) < 4.78 is 11.8. The van der Waals surface area contributed by atoms with Crippen molar-refractivity contribution in [2.75, 3.05) is 26.2 Å². The fraction of sp³-hybridized carbons (Fsp3) is 0.381. The number of nitrogens with zero attached hydrogens (tertiary/aromatic N) is 1. The summed E-state index contributed by atoms with van der Waals surface area (Å²) in [5.74, 6) is 1.67. The van der Waals surface area contributed by atoms with Crippen molar-refractivity contribution in [2.45, 2.75) is 25.0 Å². The number of likely N-dealkylation sites (tertiary alicyclic amines) is 1. The van der Waals surface area contributed by atoms with Crippen LogP contribution in [0.5, 0.6) is 11.5 Å². The van der Waals surface area contributed by atoms with Crippen LogP contribution >= 0.6 is 0 Å². The van der Waals surface area contributed by atoms with Crippen LogP contribution in [0.15, 0.2) is 54.6 Å². The van der Waals surface area contributed by atoms with E-state index >= 15 is 0 Å². The average Bonchev–Trinajstić information content (AvgIpc) is 2.70. The molecule has 0 saturated carbocycles. The minimum absolute atomic E-state index is 0.0182. The van der Waals surface area contributed by atoms with Gasteiger partial charge < -0.3 is 14.8 Å². The van der Waals surface area contributed by atoms with Gasteiger partial charge in [0.2, 0.25) is 0 Å². The number of carbonyl (C=O) groups is 1. The molecule has 1 atom stereocenters. The number of carbonyl (C=O) groups excluding carboxylic acids is 1. The van der Waals surface area contributed by atoms with Crippen molar-refractivity contribution in [3.05, 3.63) is 60.2 Å². The summed E-state index contributed by atoms with van der Waals surface area (Å²) in [6.07, 6.45) is 1.98. The Morgan fingerprint density at radius 3 is 2.46 bits per heavy atom. The summed E-state index contributed by atoms with van der Waals surface area (Å²) in [7, 11) is 0. The lowest BCUT2D eigenvalue weighted by Gasteiger charge is -2.35. The van der Waals surface area contributed by atoms with E-state index in [4.69, 9.17) is 9.47 Å². The van der Waals surface area contributed by atoms with Crippen LogP contribution in [0.3, 0.4) is 0 Å². The number of hydrogen-bond donors (Lipinski definition) is 1. The fourth-order valence-electron chi connectivity index (χ4n) is 3.56. The summed E-state index contributed by atoms with van der Waals surface area (Å²) in [6, 6.07) is 17.4. The van der Waals surface area contributed by atoms with Crippen LogP contribution in [0.1, 0.15) is 23.2 Å². The van der Waals surface area contributed by atoms with Gasteiger partial charge in [-0.05, 0) is 37.1 Å². The van der Waals surface area contributed by atoms with Crippen LogP contribution in [0, 0.1) is 0 Å². The van der Waals surface area contributed by atoms with Gasteiger partial charge in [0, 0.05) is 31.2 Å². The standard InChI is InChI=1S/C21H24N2O3/c24-21(16-6-2-1-3-7-16)22-17-10-12-23(13-11-17)14-18-15-25-19-8-4-5-9-20(19)26-18/h1-9,17-18H,10-15H2,(H,22,24). The van der Waals surface area contributed by atoms with Crippen LogP contribution in [-0.2, 0) is 0 Å². The fourth-order valence-corrected chi connectivity index (χ4v) is 3.56. The van der Waals surface area contributed by atoms with Crippen molar-refractivity contribution >= 4 is 5.91 Å². The minimum Gasteiger partial charge on any atom is -0.486 e. The highest BCUT2D eigenvalue weighted by Gasteiger charge is 2.26. The highest BCUT2D eigenvalue weighted by atomic mass is 16.6. The van der Waals surface area contributed by atoms with Crippen LogP contribution in [0.25, 0.3) is 0 Å². The molecule has 2 aromatic rings. The summed E-state index contributed by atoms with van der Waals surface area (Å²) >= 11 is 0. The van der Waals surface area contributed by atoms with Gasteiger partial charge in [0.05, 0.1) is 0 Å². The first-order valence-electron chi connectivity index (χ1n) is 9.25. The molecule has 1 unspecified atom stereocenters. The van der Waals surface area contributed by atoms with E-state index in [0.717, 1.165) is 49.5 Å². The lowest BCUT2D eigenvalue weighted by molar-refractivity contribution is 0.0496. The number of para-hydroxylation sites is 2. The summed E-state index contributed by atoms with van der Waals surface area (Å²) in [6.45, 7) is 3.36. The molecular weight excluding hydrogens is 328 g/mol. The molecule has 1 N–H and O–H groups in total. The highest BCUT2D eigenvalue weighted by molar-refractivity contribution is 5.94. The summed E-state index contributed by atoms with van der Waals surface area (Å²) in [5.41, 5.74) is 0.723. The van der Waals surface area contributed by atoms with E-state index in [0.29, 0.717) is 6.61 Å². The zero-order valence-corrected chi connectivity index (χ0v) is 14.8. The molecule has 5 heteroatoms. The second-order valence-electron chi connectivity index (χ2n) is 6.91. The van der Waals surface area contributed by atoms with Crippen LogP contribution in [0.2, 0.25) is 0 Å². The van der Waals surface area contributed by atoms with E-state index in [-0.39, 0.29) is 18.1 Å². The van der Waals surface area contributed by atoms with E-state index in [2.05, 4.69) is 10.2 Å². The first kappa shape index (κ1) is 16.9. The molecule has 0 radical (unpaired) electrons. The molecule has 1 amide bonds. The third kappa shape index (κ3) is 3.99. The predicted octanol–water partition coefficient (Wildman–Crippen LogP) is 2.72. The monoisotopic (exact) mass is 352 g/mol. The number of amides is 1. The van der Waals surface area contributed by atoms with Gasteiger partial charge in [-0.2, -0.15) is 0 Å². The van der Waals surface area contributed by atoms with Crippen molar-refractivity contribution in [2.24, 2.45) is 0 Å². The Morgan fingerprint density at radius 2 is 1.69 bits per heavy atom. The smallest absolute Gasteiger partial charge is 0.251 e. The SMILES string of the molecule is O=C(NC1CCN(CC2COc3ccccc3O2)CC1)c1ccccc1. The zero-order chi connectivity index (χ0) is 17.8. The molecule has 2 aliphatic heterocycles. The lowest BCUT2D eigenvalue weighted by atomic mass is 10.0. The molecule has 0 spiro atoms. The Kier molecular flexibility index (Phi) is 5.07. The number of nitrogens with one attached hydrogen (secondary N) is 1. The maximum Gasteiger partial charge on any atom is 0.251 e. The molecule has 2 aromatic carbocycles. The van der Waals surface area contributed by atoms with E-state index in [1.807, 2.05) is 54.6 Å². The Bertz CT molecular complexity index is 742. The minimum atomic E-state index is 0.0182. The molecule has 2 heterocycles. The van der Waals surface area contributed by atoms with E-state index in [9.17, 15) is 4.79 Å². The lowest BCUT2D eigenvalue weighted by Crippen LogP contribution is -2.48. The molecule has 1 fully saturated rings. The van der Waals surface area contributed by atoms with Crippen molar-refractivity contribution in [3.8, 4) is 11.5 Å². The molecule has 0 bridgehead atoms. The number of fused-ring (bicyclic) bond motifs is 1. The summed E-state index contributed by atoms with van der Waals surface area (Å²) in [4.78, 5) is 14.7. The Balaban J connectivity index is 1.24. The Labute approximate surface area is 153 Å². The largest absolute Gasteiger partial charge is 0.486 e. The number of hydrogen-bond acceptors (Lipinski definition) is 4. The molecular formula is C21H24N2O3. The molecule has 4 rings (SSSR count). The van der Waals surface area contributed by atoms with E-state index < -0.39 is 0 Å². The number of piperidine rings is 1. The number of rotatable bonds is 4. The van der Waals surface area contributed by atoms with Crippen LogP contribution in [0.4, 0.5) is 0 Å². The van der Waals surface area contributed by atoms with Crippen molar-refractivity contribution < 1.29 is 14.3 Å². The zero-order valence-electron chi connectivity index (χ0n) is 14.8. The van der Waals surface area contributed by atoms with Gasteiger partial charge in [-0.3, -0.25) is 9.69 Å². The number of ether oxygens (including phenoxy) is 2. The predicted molar refractivity (Wildman–Crippen MR) is 99.7 cm³/mol. The normalized spacial score (nSPS) is 20.5. The first-order valence-corrected chi connectivity index (χ1v) is 9.25. The third-order valence-corrected chi connectivity index (χ3v) is 4.99. The van der Waals surface area contributed by atoms with E-state index in [1.165, 1.54) is 0 Å². The van der Waals surface area contributed by atoms with Crippen LogP contribution < -0.4 is 14.8 Å². The molecule has 0 aliphatic carbocycles. The Morgan fingerprint density at radius 1 is 1.00 bits per heavy atom. The van der Waals surface area contributed by atoms with Gasteiger partial charge in [-0.1, -0.05) is 30.3 Å². The van der Waals surface area contributed by atoms with Gasteiger partial charge in [0.25, 0.3) is 5.91 Å². The molecule has 2 aliphatic rings. The van der Waals surface area contributed by atoms with Gasteiger partial charge in [0.1, 0.15) is 12.7 Å². The second kappa shape index (κ2) is 7.79. The quantitative estimate of drug-likeness (QED) is 0.919. The van der Waals surface area contributed by atoms with Gasteiger partial charge in [-0.25, -0.2) is 0 Å². The van der Waals surface area contributed by atoms with E-state index in [1.54, 1.807) is 0 Å². The van der Waals surface area contributed by atoms with Gasteiger partial charge in [-0.15, -0.1) is 0 Å².